The molecule has 0 atom stereocenters. The zero-order chi connectivity index (χ0) is 0. The minimum atomic E-state index is 0. The van der Waals surface area contributed by atoms with E-state index < -0.39 is 0 Å². The molecule has 10 heteroatoms. The van der Waals surface area contributed by atoms with Crippen LogP contribution < -0.4 is 0 Å². The van der Waals surface area contributed by atoms with Crippen LogP contribution in [-0.4, -0.2) is 43.8 Å². The summed E-state index contributed by atoms with van der Waals surface area (Å²) in [5.41, 5.74) is 0. The van der Waals surface area contributed by atoms with E-state index in [-0.39, 0.29) is 79.7 Å². The Hall–Kier alpha value is 0.797. The first-order valence-corrected chi connectivity index (χ1v) is 0. The summed E-state index contributed by atoms with van der Waals surface area (Å²) in [7, 11) is 0. The van der Waals surface area contributed by atoms with Crippen molar-refractivity contribution in [3.63, 3.8) is 0 Å². The van der Waals surface area contributed by atoms with Crippen LogP contribution in [0, 0.1) is 0 Å². The Labute approximate surface area is 80.1 Å². The molecule has 2 radical (unpaired) electrons. The molecule has 0 amide bonds. The Morgan fingerprint density at radius 2 is 0.300 bits per heavy atom. The Morgan fingerprint density at radius 1 is 0.300 bits per heavy atom. The zero-order valence-corrected chi connectivity index (χ0v) is 7.10. The number of hydrogen-bond acceptors (Lipinski definition) is 8. The monoisotopic (exact) mass is 239 g/mol. The van der Waals surface area contributed by atoms with E-state index in [0.717, 1.165) is 0 Å². The van der Waals surface area contributed by atoms with E-state index in [0.29, 0.717) is 0 Å². The van der Waals surface area contributed by atoms with Crippen LogP contribution in [0.1, 0.15) is 0 Å². The second kappa shape index (κ2) is 1190. The van der Waals surface area contributed by atoms with Gasteiger partial charge in [0, 0.05) is 18.6 Å². The molecule has 0 bridgehead atoms. The van der Waals surface area contributed by atoms with Gasteiger partial charge >= 0.3 is 17.4 Å². The van der Waals surface area contributed by atoms with Gasteiger partial charge in [-0.05, 0) is 0 Å². The quantitative estimate of drug-likeness (QED) is 0.483. The standard InChI is InChI=1S/Cr.8H2O.V/h;8*1H2;/q+3;;;;;;;;;/p-8. The van der Waals surface area contributed by atoms with Gasteiger partial charge in [0.1, 0.15) is 0 Å². The van der Waals surface area contributed by atoms with Gasteiger partial charge in [0.25, 0.3) is 0 Å². The van der Waals surface area contributed by atoms with E-state index in [2.05, 4.69) is 0 Å². The SMILES string of the molecule is [Cr+3].[OH-].[OH-].[OH-].[OH-].[OH-].[OH-].[OH-].[OH-].[V]. The molecule has 0 aliphatic carbocycles. The molecular weight excluding hydrogens is 231 g/mol. The molecule has 0 spiro atoms. The van der Waals surface area contributed by atoms with Gasteiger partial charge in [0.15, 0.2) is 0 Å². The molecule has 0 aromatic rings. The predicted molar refractivity (Wildman–Crippen MR) is 15.5 cm³/mol. The molecule has 0 saturated carbocycles. The van der Waals surface area contributed by atoms with Gasteiger partial charge in [-0.2, -0.15) is 0 Å². The summed E-state index contributed by atoms with van der Waals surface area (Å²) in [5.74, 6) is 0. The predicted octanol–water partition coefficient (Wildman–Crippen LogP) is -1.42. The molecule has 0 aromatic heterocycles. The van der Waals surface area contributed by atoms with E-state index in [9.17, 15) is 0 Å². The Kier molecular flexibility index (Phi) is 195000. The molecule has 8 nitrogen and oxygen atoms in total. The number of hydrogen-bond donors (Lipinski definition) is 0. The summed E-state index contributed by atoms with van der Waals surface area (Å²) in [6.07, 6.45) is 0. The molecule has 0 saturated heterocycles. The first kappa shape index (κ1) is 1630. The molecule has 8 N–H and O–H groups in total. The minimum absolute atomic E-state index is 0. The Balaban J connectivity index is 0. The largest absolute Gasteiger partial charge is 3.00 e. The summed E-state index contributed by atoms with van der Waals surface area (Å²) in [4.78, 5) is 0. The van der Waals surface area contributed by atoms with E-state index in [1.54, 1.807) is 0 Å². The summed E-state index contributed by atoms with van der Waals surface area (Å²) < 4.78 is 0. The van der Waals surface area contributed by atoms with Crippen molar-refractivity contribution in [1.82, 2.24) is 0 Å². The molecule has 0 aromatic carbocycles. The summed E-state index contributed by atoms with van der Waals surface area (Å²) in [6.45, 7) is 0. The first-order chi connectivity index (χ1) is 0. The van der Waals surface area contributed by atoms with Crippen LogP contribution in [-0.2, 0) is 35.9 Å². The van der Waals surface area contributed by atoms with Crippen LogP contribution >= 0.6 is 0 Å². The molecule has 0 aliphatic rings. The van der Waals surface area contributed by atoms with E-state index in [1.807, 2.05) is 0 Å². The molecule has 0 heterocycles. The van der Waals surface area contributed by atoms with Gasteiger partial charge in [-0.1, -0.05) is 0 Å². The fourth-order valence-corrected chi connectivity index (χ4v) is 0. The van der Waals surface area contributed by atoms with Crippen LogP contribution in [0.5, 0.6) is 0 Å². The average molecular weight is 239 g/mol. The van der Waals surface area contributed by atoms with Crippen LogP contribution in [0.15, 0.2) is 0 Å². The van der Waals surface area contributed by atoms with Crippen molar-refractivity contribution in [3.05, 3.63) is 0 Å². The van der Waals surface area contributed by atoms with Crippen molar-refractivity contribution in [2.75, 3.05) is 0 Å². The van der Waals surface area contributed by atoms with Crippen molar-refractivity contribution < 1.29 is 79.7 Å². The summed E-state index contributed by atoms with van der Waals surface area (Å²) in [6, 6.07) is 0. The smallest absolute Gasteiger partial charge is 0.870 e. The van der Waals surface area contributed by atoms with Gasteiger partial charge in [-0.25, -0.2) is 0 Å². The molecule has 0 unspecified atom stereocenters. The van der Waals surface area contributed by atoms with Gasteiger partial charge in [0.2, 0.25) is 0 Å². The maximum absolute atomic E-state index is 0. The van der Waals surface area contributed by atoms with Crippen molar-refractivity contribution >= 4 is 0 Å². The van der Waals surface area contributed by atoms with Crippen LogP contribution in [0.25, 0.3) is 0 Å². The van der Waals surface area contributed by atoms with E-state index in [4.69, 9.17) is 0 Å². The second-order valence-electron chi connectivity index (χ2n) is 0. The topological polar surface area (TPSA) is 240 Å². The first-order valence-electron chi connectivity index (χ1n) is 0. The molecule has 0 fully saturated rings. The zero-order valence-electron chi connectivity index (χ0n) is 4.43. The van der Waals surface area contributed by atoms with Gasteiger partial charge in [0.05, 0.1) is 0 Å². The van der Waals surface area contributed by atoms with Crippen molar-refractivity contribution in [1.29, 1.82) is 0 Å². The molecule has 0 aliphatic heterocycles. The van der Waals surface area contributed by atoms with E-state index in [1.165, 1.54) is 0 Å². The minimum Gasteiger partial charge on any atom is -0.870 e. The maximum atomic E-state index is 0. The Bertz CT molecular complexity index is 9.22. The molecule has 0 rings (SSSR count). The van der Waals surface area contributed by atoms with Crippen LogP contribution in [0.3, 0.4) is 0 Å². The van der Waals surface area contributed by atoms with Gasteiger partial charge in [-0.3, -0.25) is 0 Å². The van der Waals surface area contributed by atoms with Crippen molar-refractivity contribution in [2.24, 2.45) is 0 Å². The second-order valence-corrected chi connectivity index (χ2v) is 0. The summed E-state index contributed by atoms with van der Waals surface area (Å²) in [5, 5.41) is 0. The molecule has 10 heavy (non-hydrogen) atoms. The van der Waals surface area contributed by atoms with Crippen molar-refractivity contribution in [3.8, 4) is 0 Å². The molecule has 72 valence electrons. The molecular formula is H8CrO8V-5. The van der Waals surface area contributed by atoms with Crippen LogP contribution in [0.4, 0.5) is 0 Å². The summed E-state index contributed by atoms with van der Waals surface area (Å²) >= 11 is 0. The van der Waals surface area contributed by atoms with E-state index >= 15 is 0 Å². The third-order valence-electron chi connectivity index (χ3n) is 0. The van der Waals surface area contributed by atoms with Crippen LogP contribution in [0.2, 0.25) is 0 Å². The van der Waals surface area contributed by atoms with Gasteiger partial charge < -0.3 is 43.8 Å². The number of rotatable bonds is 0. The third kappa shape index (κ3) is 842. The third-order valence-corrected chi connectivity index (χ3v) is 0. The normalized spacial score (nSPS) is 0. The van der Waals surface area contributed by atoms with Gasteiger partial charge in [-0.15, -0.1) is 0 Å². The fraction of sp³-hybridized carbons (Fsp3) is 0. The van der Waals surface area contributed by atoms with Crippen molar-refractivity contribution in [2.45, 2.75) is 0 Å². The maximum Gasteiger partial charge on any atom is 3.00 e. The average Bonchev–Trinajstić information content (AvgIpc) is 0. The Morgan fingerprint density at radius 3 is 0.300 bits per heavy atom. The fourth-order valence-electron chi connectivity index (χ4n) is 0.